The molecule has 0 bridgehead atoms. The number of anilines is 2. The zero-order valence-corrected chi connectivity index (χ0v) is 12.8. The lowest BCUT2D eigenvalue weighted by atomic mass is 9.95. The molecule has 5 nitrogen and oxygen atoms in total. The van der Waals surface area contributed by atoms with Crippen molar-refractivity contribution < 1.29 is 9.90 Å². The van der Waals surface area contributed by atoms with Gasteiger partial charge in [-0.15, -0.1) is 0 Å². The third-order valence-electron chi connectivity index (χ3n) is 3.80. The van der Waals surface area contributed by atoms with Crippen LogP contribution < -0.4 is 11.1 Å². The summed E-state index contributed by atoms with van der Waals surface area (Å²) in [6, 6.07) is 5.02. The third kappa shape index (κ3) is 4.88. The van der Waals surface area contributed by atoms with Crippen LogP contribution in [-0.2, 0) is 4.79 Å². The highest BCUT2D eigenvalue weighted by molar-refractivity contribution is 6.31. The van der Waals surface area contributed by atoms with Gasteiger partial charge in [-0.3, -0.25) is 9.69 Å². The van der Waals surface area contributed by atoms with E-state index in [0.29, 0.717) is 28.9 Å². The number of benzene rings is 1. The number of piperidine rings is 1. The number of aliphatic hydroxyl groups is 1. The largest absolute Gasteiger partial charge is 0.397 e. The number of nitrogens with zero attached hydrogens (tertiary/aromatic N) is 1. The van der Waals surface area contributed by atoms with Crippen LogP contribution in [0, 0.1) is 5.92 Å². The average Bonchev–Trinajstić information content (AvgIpc) is 2.43. The van der Waals surface area contributed by atoms with Gasteiger partial charge < -0.3 is 16.2 Å². The molecule has 1 amide bonds. The Balaban J connectivity index is 1.88. The van der Waals surface area contributed by atoms with Gasteiger partial charge in [0.15, 0.2) is 0 Å². The molecular formula is C15H22ClN3O2. The number of aliphatic hydroxyl groups excluding tert-OH is 1. The minimum absolute atomic E-state index is 0.0892. The molecular weight excluding hydrogens is 290 g/mol. The summed E-state index contributed by atoms with van der Waals surface area (Å²) in [5.74, 6) is 0.390. The molecule has 0 saturated carbocycles. The van der Waals surface area contributed by atoms with Crippen LogP contribution in [0.3, 0.4) is 0 Å². The number of amides is 1. The van der Waals surface area contributed by atoms with E-state index in [2.05, 4.69) is 10.2 Å². The smallest absolute Gasteiger partial charge is 0.238 e. The second-order valence-corrected chi connectivity index (χ2v) is 5.97. The van der Waals surface area contributed by atoms with Gasteiger partial charge in [0.2, 0.25) is 5.91 Å². The normalized spacial score (nSPS) is 19.4. The molecule has 0 aliphatic carbocycles. The Morgan fingerprint density at radius 2 is 2.33 bits per heavy atom. The van der Waals surface area contributed by atoms with Crippen LogP contribution in [0.5, 0.6) is 0 Å². The Hall–Kier alpha value is -1.30. The number of hydrogen-bond acceptors (Lipinski definition) is 4. The first kappa shape index (κ1) is 16.1. The van der Waals surface area contributed by atoms with E-state index in [-0.39, 0.29) is 12.5 Å². The van der Waals surface area contributed by atoms with E-state index in [9.17, 15) is 4.79 Å². The van der Waals surface area contributed by atoms with E-state index < -0.39 is 0 Å². The Morgan fingerprint density at radius 3 is 3.10 bits per heavy atom. The van der Waals surface area contributed by atoms with Crippen LogP contribution in [0.15, 0.2) is 18.2 Å². The topological polar surface area (TPSA) is 78.6 Å². The molecule has 0 spiro atoms. The summed E-state index contributed by atoms with van der Waals surface area (Å²) in [6.07, 6.45) is 3.00. The summed E-state index contributed by atoms with van der Waals surface area (Å²) >= 11 is 5.91. The molecule has 1 heterocycles. The van der Waals surface area contributed by atoms with Crippen molar-refractivity contribution in [2.24, 2.45) is 5.92 Å². The van der Waals surface area contributed by atoms with Crippen molar-refractivity contribution in [1.82, 2.24) is 4.90 Å². The van der Waals surface area contributed by atoms with Gasteiger partial charge in [-0.1, -0.05) is 11.6 Å². The number of halogens is 1. The predicted octanol–water partition coefficient (Wildman–Crippen LogP) is 1.96. The number of nitrogens with one attached hydrogen (secondary N) is 1. The fourth-order valence-corrected chi connectivity index (χ4v) is 2.91. The number of likely N-dealkylation sites (tertiary alicyclic amines) is 1. The first-order valence-electron chi connectivity index (χ1n) is 7.26. The van der Waals surface area contributed by atoms with Gasteiger partial charge in [0.05, 0.1) is 17.9 Å². The second-order valence-electron chi connectivity index (χ2n) is 5.54. The third-order valence-corrected chi connectivity index (χ3v) is 4.03. The molecule has 1 unspecified atom stereocenters. The van der Waals surface area contributed by atoms with E-state index in [4.69, 9.17) is 22.4 Å². The molecule has 0 aromatic heterocycles. The minimum Gasteiger partial charge on any atom is -0.397 e. The molecule has 1 aromatic rings. The first-order chi connectivity index (χ1) is 10.1. The molecule has 21 heavy (non-hydrogen) atoms. The van der Waals surface area contributed by atoms with Crippen LogP contribution in [0.25, 0.3) is 0 Å². The minimum atomic E-state index is -0.0892. The van der Waals surface area contributed by atoms with Gasteiger partial charge in [0.25, 0.3) is 0 Å². The molecule has 0 radical (unpaired) electrons. The van der Waals surface area contributed by atoms with Gasteiger partial charge in [0.1, 0.15) is 0 Å². The highest BCUT2D eigenvalue weighted by atomic mass is 35.5. The van der Waals surface area contributed by atoms with Crippen molar-refractivity contribution in [3.05, 3.63) is 23.2 Å². The zero-order valence-electron chi connectivity index (χ0n) is 12.0. The molecule has 1 saturated heterocycles. The van der Waals surface area contributed by atoms with Gasteiger partial charge in [-0.25, -0.2) is 0 Å². The summed E-state index contributed by atoms with van der Waals surface area (Å²) in [7, 11) is 0. The molecule has 6 heteroatoms. The maximum absolute atomic E-state index is 12.1. The molecule has 1 aliphatic heterocycles. The van der Waals surface area contributed by atoms with Crippen LogP contribution in [0.2, 0.25) is 5.02 Å². The highest BCUT2D eigenvalue weighted by Gasteiger charge is 2.21. The van der Waals surface area contributed by atoms with E-state index in [0.717, 1.165) is 32.4 Å². The molecule has 1 aromatic carbocycles. The number of nitrogen functional groups attached to an aromatic ring is 1. The van der Waals surface area contributed by atoms with Gasteiger partial charge in [0, 0.05) is 18.2 Å². The summed E-state index contributed by atoms with van der Waals surface area (Å²) in [5.41, 5.74) is 6.87. The summed E-state index contributed by atoms with van der Waals surface area (Å²) < 4.78 is 0. The van der Waals surface area contributed by atoms with Crippen LogP contribution >= 0.6 is 11.6 Å². The fraction of sp³-hybridized carbons (Fsp3) is 0.533. The van der Waals surface area contributed by atoms with E-state index in [1.807, 2.05) is 0 Å². The van der Waals surface area contributed by atoms with Gasteiger partial charge in [-0.05, 0) is 49.9 Å². The van der Waals surface area contributed by atoms with Crippen LogP contribution in [-0.4, -0.2) is 42.2 Å². The highest BCUT2D eigenvalue weighted by Crippen LogP contribution is 2.23. The van der Waals surface area contributed by atoms with Crippen molar-refractivity contribution in [2.45, 2.75) is 19.3 Å². The number of hydrogen-bond donors (Lipinski definition) is 3. The molecule has 1 atom stereocenters. The fourth-order valence-electron chi connectivity index (χ4n) is 2.74. The zero-order chi connectivity index (χ0) is 15.2. The van der Waals surface area contributed by atoms with Crippen molar-refractivity contribution >= 4 is 28.9 Å². The standard InChI is InChI=1S/C15H22ClN3O2/c16-12-3-4-13(17)14(8-12)18-15(21)10-19-6-1-2-11(9-19)5-7-20/h3-4,8,11,20H,1-2,5-7,9-10,17H2,(H,18,21). The van der Waals surface area contributed by atoms with Crippen molar-refractivity contribution in [3.8, 4) is 0 Å². The second kappa shape index (κ2) is 7.64. The van der Waals surface area contributed by atoms with Crippen LogP contribution in [0.1, 0.15) is 19.3 Å². The SMILES string of the molecule is Nc1ccc(Cl)cc1NC(=O)CN1CCCC(CCO)C1. The summed E-state index contributed by atoms with van der Waals surface area (Å²) in [6.45, 7) is 2.33. The number of nitrogens with two attached hydrogens (primary N) is 1. The van der Waals surface area contributed by atoms with E-state index in [1.54, 1.807) is 18.2 Å². The Morgan fingerprint density at radius 1 is 1.52 bits per heavy atom. The van der Waals surface area contributed by atoms with E-state index >= 15 is 0 Å². The van der Waals surface area contributed by atoms with Crippen molar-refractivity contribution in [1.29, 1.82) is 0 Å². The monoisotopic (exact) mass is 311 g/mol. The first-order valence-corrected chi connectivity index (χ1v) is 7.64. The maximum atomic E-state index is 12.1. The average molecular weight is 312 g/mol. The predicted molar refractivity (Wildman–Crippen MR) is 85.4 cm³/mol. The van der Waals surface area contributed by atoms with Crippen molar-refractivity contribution in [3.63, 3.8) is 0 Å². The van der Waals surface area contributed by atoms with Crippen molar-refractivity contribution in [2.75, 3.05) is 37.3 Å². The lowest BCUT2D eigenvalue weighted by Gasteiger charge is -2.31. The Bertz CT molecular complexity index is 494. The lowest BCUT2D eigenvalue weighted by Crippen LogP contribution is -2.40. The Kier molecular flexibility index (Phi) is 5.85. The molecule has 116 valence electrons. The number of rotatable bonds is 5. The number of carbonyl (C=O) groups excluding carboxylic acids is 1. The van der Waals surface area contributed by atoms with Crippen LogP contribution in [0.4, 0.5) is 11.4 Å². The van der Waals surface area contributed by atoms with E-state index in [1.165, 1.54) is 0 Å². The summed E-state index contributed by atoms with van der Waals surface area (Å²) in [4.78, 5) is 14.2. The van der Waals surface area contributed by atoms with Gasteiger partial charge >= 0.3 is 0 Å². The quantitative estimate of drug-likeness (QED) is 0.726. The maximum Gasteiger partial charge on any atom is 0.238 e. The lowest BCUT2D eigenvalue weighted by molar-refractivity contribution is -0.117. The molecule has 4 N–H and O–H groups in total. The van der Waals surface area contributed by atoms with Gasteiger partial charge in [-0.2, -0.15) is 0 Å². The Labute approximate surface area is 130 Å². The number of carbonyl (C=O) groups is 1. The molecule has 2 rings (SSSR count). The summed E-state index contributed by atoms with van der Waals surface area (Å²) in [5, 5.41) is 12.4. The molecule has 1 aliphatic rings. The molecule has 1 fully saturated rings.